The molecule has 66 heavy (non-hydrogen) atoms. The summed E-state index contributed by atoms with van der Waals surface area (Å²) < 4.78 is 0. The number of hydrogen-bond donors (Lipinski definition) is 0. The Kier molecular flexibility index (Phi) is 8.82. The van der Waals surface area contributed by atoms with Gasteiger partial charge in [-0.15, -0.1) is 0 Å². The van der Waals surface area contributed by atoms with E-state index in [1.54, 1.807) is 0 Å². The molecular weight excluding hydrogens is 795 g/mol. The van der Waals surface area contributed by atoms with Crippen LogP contribution >= 0.6 is 0 Å². The molecule has 13 rings (SSSR count). The van der Waals surface area contributed by atoms with Crippen molar-refractivity contribution >= 4 is 27.8 Å². The average molecular weight is 850 g/mol. The molecule has 3 atom stereocenters. The fourth-order valence-electron chi connectivity index (χ4n) is 13.4. The van der Waals surface area contributed by atoms with E-state index in [0.29, 0.717) is 5.92 Å². The van der Waals surface area contributed by atoms with Crippen molar-refractivity contribution < 1.29 is 0 Å². The maximum atomic E-state index is 2.50. The van der Waals surface area contributed by atoms with E-state index in [0.717, 1.165) is 17.5 Å². The van der Waals surface area contributed by atoms with Gasteiger partial charge in [0.1, 0.15) is 0 Å². The van der Waals surface area contributed by atoms with Gasteiger partial charge in [-0.3, -0.25) is 0 Å². The third-order valence-corrected chi connectivity index (χ3v) is 16.6. The van der Waals surface area contributed by atoms with Gasteiger partial charge in [0.05, 0.1) is 0 Å². The summed E-state index contributed by atoms with van der Waals surface area (Å²) in [6.45, 7) is 9.66. The third-order valence-electron chi connectivity index (χ3n) is 16.6. The summed E-state index contributed by atoms with van der Waals surface area (Å²) in [4.78, 5) is 2.50. The summed E-state index contributed by atoms with van der Waals surface area (Å²) in [6.07, 6.45) is 5.59. The molecule has 0 N–H and O–H groups in total. The molecule has 0 aromatic heterocycles. The van der Waals surface area contributed by atoms with Gasteiger partial charge in [-0.05, 0) is 168 Å². The van der Waals surface area contributed by atoms with Crippen LogP contribution < -0.4 is 4.90 Å². The zero-order chi connectivity index (χ0) is 44.3. The zero-order valence-corrected chi connectivity index (χ0v) is 38.5. The molecule has 1 heteroatoms. The van der Waals surface area contributed by atoms with Gasteiger partial charge in [-0.2, -0.15) is 0 Å². The van der Waals surface area contributed by atoms with Crippen molar-refractivity contribution in [3.8, 4) is 55.6 Å². The van der Waals surface area contributed by atoms with Crippen molar-refractivity contribution in [1.29, 1.82) is 0 Å². The molecule has 4 aliphatic carbocycles. The Balaban J connectivity index is 0.928. The first-order chi connectivity index (χ1) is 32.2. The van der Waals surface area contributed by atoms with Crippen molar-refractivity contribution in [3.05, 3.63) is 222 Å². The highest BCUT2D eigenvalue weighted by Gasteiger charge is 2.42. The summed E-state index contributed by atoms with van der Waals surface area (Å²) in [5.41, 5.74) is 23.5. The molecule has 0 radical (unpaired) electrons. The summed E-state index contributed by atoms with van der Waals surface area (Å²) >= 11 is 0. The van der Waals surface area contributed by atoms with E-state index in [-0.39, 0.29) is 10.8 Å². The predicted octanol–water partition coefficient (Wildman–Crippen LogP) is 17.8. The first-order valence-electron chi connectivity index (χ1n) is 24.3. The third kappa shape index (κ3) is 5.91. The second-order valence-corrected chi connectivity index (χ2v) is 20.8. The fraction of sp³-hybridized carbons (Fsp3) is 0.200. The summed E-state index contributed by atoms with van der Waals surface area (Å²) in [5, 5.41) is 2.53. The number of fused-ring (bicyclic) bond motifs is 9. The van der Waals surface area contributed by atoms with E-state index in [1.807, 2.05) is 0 Å². The van der Waals surface area contributed by atoms with Gasteiger partial charge in [-0.1, -0.05) is 192 Å². The summed E-state index contributed by atoms with van der Waals surface area (Å²) in [6, 6.07) is 73.6. The van der Waals surface area contributed by atoms with Crippen molar-refractivity contribution in [3.63, 3.8) is 0 Å². The molecule has 9 aromatic carbocycles. The lowest BCUT2D eigenvalue weighted by Gasteiger charge is -2.29. The first kappa shape index (κ1) is 39.4. The van der Waals surface area contributed by atoms with E-state index < -0.39 is 0 Å². The van der Waals surface area contributed by atoms with E-state index in [2.05, 4.69) is 227 Å². The largest absolute Gasteiger partial charge is 0.310 e. The topological polar surface area (TPSA) is 3.24 Å². The van der Waals surface area contributed by atoms with E-state index >= 15 is 0 Å². The fourth-order valence-corrected chi connectivity index (χ4v) is 13.4. The molecule has 0 aliphatic heterocycles. The number of rotatable bonds is 7. The molecule has 0 heterocycles. The zero-order valence-electron chi connectivity index (χ0n) is 38.5. The van der Waals surface area contributed by atoms with Crippen LogP contribution in [0.15, 0.2) is 194 Å². The van der Waals surface area contributed by atoms with Crippen molar-refractivity contribution in [2.24, 2.45) is 11.8 Å². The van der Waals surface area contributed by atoms with Gasteiger partial charge in [0.25, 0.3) is 0 Å². The maximum absolute atomic E-state index is 2.50. The molecule has 1 nitrogen and oxygen atoms in total. The van der Waals surface area contributed by atoms with Gasteiger partial charge in [0, 0.05) is 27.9 Å². The van der Waals surface area contributed by atoms with Crippen LogP contribution in [0.5, 0.6) is 0 Å². The average Bonchev–Trinajstić information content (AvgIpc) is 4.11. The quantitative estimate of drug-likeness (QED) is 0.154. The van der Waals surface area contributed by atoms with Crippen LogP contribution in [-0.4, -0.2) is 0 Å². The lowest BCUT2D eigenvalue weighted by molar-refractivity contribution is 0.420. The van der Waals surface area contributed by atoms with Crippen LogP contribution in [0.25, 0.3) is 66.4 Å². The maximum Gasteiger partial charge on any atom is 0.0465 e. The molecule has 0 amide bonds. The van der Waals surface area contributed by atoms with E-state index in [1.165, 1.54) is 131 Å². The molecular formula is C65H55N. The molecule has 3 unspecified atom stereocenters. The molecule has 2 bridgehead atoms. The van der Waals surface area contributed by atoms with Gasteiger partial charge in [-0.25, -0.2) is 0 Å². The van der Waals surface area contributed by atoms with Crippen molar-refractivity contribution in [2.75, 3.05) is 4.90 Å². The number of benzene rings is 9. The smallest absolute Gasteiger partial charge is 0.0465 e. The normalized spacial score (nSPS) is 19.1. The Labute approximate surface area is 390 Å². The number of hydrogen-bond acceptors (Lipinski definition) is 1. The minimum absolute atomic E-state index is 0.0521. The van der Waals surface area contributed by atoms with Gasteiger partial charge in [0.15, 0.2) is 0 Å². The molecule has 4 aliphatic rings. The minimum atomic E-state index is -0.237. The molecule has 2 saturated carbocycles. The molecule has 0 saturated heterocycles. The minimum Gasteiger partial charge on any atom is -0.310 e. The molecule has 320 valence electrons. The molecule has 0 spiro atoms. The molecule has 9 aromatic rings. The highest BCUT2D eigenvalue weighted by Crippen LogP contribution is 2.58. The standard InChI is InChI=1S/C65H55N/c1-64(2)58-22-11-10-18-56(58)62-53(19-13-23-59(62)64)55-21-12-20-54-52-37-35-49(40-60(52)65(3,4)63(54)55)66(48-33-28-44(29-34-48)57-39-41-24-25-46(57)38-41)47-31-26-43(27-32-47)51-36-30-42-14-8-9-17-50(42)61(51)45-15-6-5-7-16-45/h5-23,26-37,40-41,46,57H,24-25,38-39H2,1-4H3. The van der Waals surface area contributed by atoms with Crippen LogP contribution in [-0.2, 0) is 10.8 Å². The van der Waals surface area contributed by atoms with Crippen molar-refractivity contribution in [2.45, 2.75) is 70.1 Å². The Hall–Kier alpha value is -6.96. The Morgan fingerprint density at radius 2 is 1.05 bits per heavy atom. The van der Waals surface area contributed by atoms with Crippen molar-refractivity contribution in [1.82, 2.24) is 0 Å². The molecule has 2 fully saturated rings. The monoisotopic (exact) mass is 849 g/mol. The van der Waals surface area contributed by atoms with Crippen LogP contribution in [0.4, 0.5) is 17.1 Å². The predicted molar refractivity (Wildman–Crippen MR) is 278 cm³/mol. The highest BCUT2D eigenvalue weighted by atomic mass is 15.1. The van der Waals surface area contributed by atoms with Gasteiger partial charge < -0.3 is 4.90 Å². The second-order valence-electron chi connectivity index (χ2n) is 20.8. The van der Waals surface area contributed by atoms with Crippen LogP contribution in [0.3, 0.4) is 0 Å². The van der Waals surface area contributed by atoms with Crippen LogP contribution in [0, 0.1) is 11.8 Å². The Morgan fingerprint density at radius 1 is 0.409 bits per heavy atom. The van der Waals surface area contributed by atoms with Gasteiger partial charge >= 0.3 is 0 Å². The lowest BCUT2D eigenvalue weighted by Crippen LogP contribution is -2.18. The van der Waals surface area contributed by atoms with Crippen LogP contribution in [0.2, 0.25) is 0 Å². The van der Waals surface area contributed by atoms with E-state index in [4.69, 9.17) is 0 Å². The first-order valence-corrected chi connectivity index (χ1v) is 24.3. The number of nitrogens with zero attached hydrogens (tertiary/aromatic N) is 1. The Bertz CT molecular complexity index is 3370. The lowest BCUT2D eigenvalue weighted by atomic mass is 9.77. The summed E-state index contributed by atoms with van der Waals surface area (Å²) in [5.74, 6) is 2.47. The number of anilines is 3. The highest BCUT2D eigenvalue weighted by molar-refractivity contribution is 6.04. The van der Waals surface area contributed by atoms with E-state index in [9.17, 15) is 0 Å². The SMILES string of the molecule is CC1(C)c2ccccc2-c2c(-c3cccc4c3C(C)(C)c3cc(N(c5ccc(-c6ccc7ccccc7c6-c6ccccc6)cc5)c5ccc(C6CC7CCC6C7)cc5)ccc3-4)cccc21. The van der Waals surface area contributed by atoms with Crippen LogP contribution in [0.1, 0.15) is 87.1 Å². The summed E-state index contributed by atoms with van der Waals surface area (Å²) in [7, 11) is 0. The van der Waals surface area contributed by atoms with Gasteiger partial charge in [0.2, 0.25) is 0 Å². The Morgan fingerprint density at radius 3 is 1.82 bits per heavy atom. The second kappa shape index (κ2) is 14.8.